The average Bonchev–Trinajstić information content (AvgIpc) is 3.41. The van der Waals surface area contributed by atoms with Gasteiger partial charge in [0.25, 0.3) is 0 Å². The second kappa shape index (κ2) is 18.3. The molecule has 8 heteroatoms. The maximum atomic E-state index is 10.4. The second-order valence-electron chi connectivity index (χ2n) is 13.0. The van der Waals surface area contributed by atoms with Crippen LogP contribution in [0, 0.1) is 0 Å². The van der Waals surface area contributed by atoms with Crippen LogP contribution in [-0.4, -0.2) is 79.8 Å². The van der Waals surface area contributed by atoms with Gasteiger partial charge in [0, 0.05) is 6.54 Å². The van der Waals surface area contributed by atoms with Crippen molar-refractivity contribution >= 4 is 0 Å². The zero-order valence-corrected chi connectivity index (χ0v) is 26.7. The fraction of sp³-hybridized carbons (Fsp3) is 0.939. The van der Waals surface area contributed by atoms with E-state index in [4.69, 9.17) is 28.4 Å². The van der Waals surface area contributed by atoms with Crippen LogP contribution in [0.25, 0.3) is 0 Å². The van der Waals surface area contributed by atoms with Crippen molar-refractivity contribution in [1.82, 2.24) is 5.32 Å². The Hall–Kier alpha value is -0.580. The van der Waals surface area contributed by atoms with Gasteiger partial charge >= 0.3 is 0 Å². The van der Waals surface area contributed by atoms with Crippen LogP contribution < -0.4 is 5.32 Å². The maximum Gasteiger partial charge on any atom is 0.190 e. The Morgan fingerprint density at radius 1 is 0.732 bits per heavy atom. The first-order valence-corrected chi connectivity index (χ1v) is 16.7. The number of aliphatic hydroxyl groups excluding tert-OH is 1. The normalized spacial score (nSPS) is 29.2. The molecule has 6 atom stereocenters. The number of rotatable bonds is 22. The van der Waals surface area contributed by atoms with Crippen LogP contribution in [-0.2, 0) is 28.4 Å². The van der Waals surface area contributed by atoms with E-state index in [2.05, 4.69) is 24.4 Å². The zero-order valence-electron chi connectivity index (χ0n) is 26.7. The van der Waals surface area contributed by atoms with Gasteiger partial charge in [0.15, 0.2) is 17.9 Å². The molecule has 0 bridgehead atoms. The summed E-state index contributed by atoms with van der Waals surface area (Å²) in [7, 11) is 0. The summed E-state index contributed by atoms with van der Waals surface area (Å²) in [6, 6.07) is 0. The minimum atomic E-state index is -0.738. The minimum Gasteiger partial charge on any atom is -0.389 e. The Kier molecular flexibility index (Phi) is 15.6. The van der Waals surface area contributed by atoms with E-state index in [-0.39, 0.29) is 31.0 Å². The number of hydrogen-bond donors (Lipinski definition) is 2. The molecule has 41 heavy (non-hydrogen) atoms. The number of unbranched alkanes of at least 4 members (excludes halogenated alkanes) is 12. The first-order valence-electron chi connectivity index (χ1n) is 16.7. The third kappa shape index (κ3) is 12.9. The van der Waals surface area contributed by atoms with E-state index in [1.54, 1.807) is 0 Å². The number of fused-ring (bicyclic) bond motifs is 3. The van der Waals surface area contributed by atoms with Gasteiger partial charge in [-0.15, -0.1) is 0 Å². The lowest BCUT2D eigenvalue weighted by Gasteiger charge is -2.37. The molecular formula is C33H61NO7. The van der Waals surface area contributed by atoms with Crippen LogP contribution in [0.4, 0.5) is 0 Å². The molecule has 0 aliphatic carbocycles. The molecule has 3 heterocycles. The standard InChI is InChI=1S/C33H61NO7/c1-6-7-8-9-10-11-12-13-14-15-16-17-18-19-20-21-22-34-23-26(35)24-36-25-27-28-29(39-32(2,3)38-28)30-31(37-27)41-33(4,5)40-30/h13-14,26-31,34-35H,6-12,15-25H2,1-5H3/b14-13+/t26?,27?,28-,29-,30+,31+/m0/s1. The van der Waals surface area contributed by atoms with Gasteiger partial charge in [-0.2, -0.15) is 0 Å². The first-order chi connectivity index (χ1) is 19.7. The summed E-state index contributed by atoms with van der Waals surface area (Å²) in [5, 5.41) is 13.7. The average molecular weight is 584 g/mol. The quantitative estimate of drug-likeness (QED) is 0.112. The molecule has 2 unspecified atom stereocenters. The van der Waals surface area contributed by atoms with E-state index in [1.165, 1.54) is 83.5 Å². The molecule has 3 fully saturated rings. The van der Waals surface area contributed by atoms with E-state index in [0.717, 1.165) is 13.0 Å². The Bertz CT molecular complexity index is 730. The highest BCUT2D eigenvalue weighted by molar-refractivity contribution is 5.00. The predicted octanol–water partition coefficient (Wildman–Crippen LogP) is 6.39. The third-order valence-corrected chi connectivity index (χ3v) is 8.09. The van der Waals surface area contributed by atoms with E-state index >= 15 is 0 Å². The molecule has 3 aliphatic rings. The Morgan fingerprint density at radius 2 is 1.29 bits per heavy atom. The summed E-state index contributed by atoms with van der Waals surface area (Å²) in [5.74, 6) is -1.47. The summed E-state index contributed by atoms with van der Waals surface area (Å²) in [6.07, 6.45) is 20.7. The lowest BCUT2D eigenvalue weighted by atomic mass is 9.99. The monoisotopic (exact) mass is 583 g/mol. The highest BCUT2D eigenvalue weighted by atomic mass is 16.9. The second-order valence-corrected chi connectivity index (χ2v) is 13.0. The molecule has 3 rings (SSSR count). The van der Waals surface area contributed by atoms with Crippen molar-refractivity contribution in [1.29, 1.82) is 0 Å². The van der Waals surface area contributed by atoms with Crippen molar-refractivity contribution in [3.05, 3.63) is 12.2 Å². The Labute approximate surface area is 250 Å². The Morgan fingerprint density at radius 3 is 1.98 bits per heavy atom. The molecule has 0 aromatic carbocycles. The molecule has 0 amide bonds. The number of allylic oxidation sites excluding steroid dienone is 2. The molecule has 3 aliphatic heterocycles. The molecule has 240 valence electrons. The van der Waals surface area contributed by atoms with E-state index in [1.807, 2.05) is 27.7 Å². The van der Waals surface area contributed by atoms with Gasteiger partial charge in [0.05, 0.1) is 19.3 Å². The van der Waals surface area contributed by atoms with E-state index in [0.29, 0.717) is 13.2 Å². The first kappa shape index (κ1) is 34.9. The molecule has 0 saturated carbocycles. The Balaban J connectivity index is 1.14. The summed E-state index contributed by atoms with van der Waals surface area (Å²) in [6.45, 7) is 11.8. The topological polar surface area (TPSA) is 87.6 Å². The molecule has 3 saturated heterocycles. The number of nitrogens with one attached hydrogen (secondary N) is 1. The van der Waals surface area contributed by atoms with Crippen LogP contribution in [0.5, 0.6) is 0 Å². The van der Waals surface area contributed by atoms with Gasteiger partial charge in [-0.05, 0) is 66.3 Å². The number of ether oxygens (including phenoxy) is 6. The van der Waals surface area contributed by atoms with Crippen molar-refractivity contribution in [2.75, 3.05) is 26.3 Å². The fourth-order valence-electron chi connectivity index (χ4n) is 5.97. The number of hydrogen-bond acceptors (Lipinski definition) is 8. The molecule has 0 spiro atoms. The molecule has 2 N–H and O–H groups in total. The van der Waals surface area contributed by atoms with Crippen LogP contribution >= 0.6 is 0 Å². The smallest absolute Gasteiger partial charge is 0.190 e. The van der Waals surface area contributed by atoms with Crippen LogP contribution in [0.1, 0.15) is 125 Å². The number of aliphatic hydroxyl groups is 1. The molecule has 0 aromatic heterocycles. The van der Waals surface area contributed by atoms with Gasteiger partial charge < -0.3 is 38.8 Å². The van der Waals surface area contributed by atoms with Gasteiger partial charge in [0.1, 0.15) is 24.4 Å². The zero-order chi connectivity index (χ0) is 29.6. The van der Waals surface area contributed by atoms with E-state index < -0.39 is 24.0 Å². The van der Waals surface area contributed by atoms with Crippen molar-refractivity contribution in [3.8, 4) is 0 Å². The third-order valence-electron chi connectivity index (χ3n) is 8.09. The maximum absolute atomic E-state index is 10.4. The minimum absolute atomic E-state index is 0.235. The molecular weight excluding hydrogens is 522 g/mol. The predicted molar refractivity (Wildman–Crippen MR) is 162 cm³/mol. The summed E-state index contributed by atoms with van der Waals surface area (Å²) < 4.78 is 36.2. The summed E-state index contributed by atoms with van der Waals surface area (Å²) in [4.78, 5) is 0. The van der Waals surface area contributed by atoms with E-state index in [9.17, 15) is 5.11 Å². The summed E-state index contributed by atoms with van der Waals surface area (Å²) in [5.41, 5.74) is 0. The highest BCUT2D eigenvalue weighted by Gasteiger charge is 2.60. The van der Waals surface area contributed by atoms with Crippen molar-refractivity contribution in [3.63, 3.8) is 0 Å². The molecule has 0 radical (unpaired) electrons. The summed E-state index contributed by atoms with van der Waals surface area (Å²) >= 11 is 0. The fourth-order valence-corrected chi connectivity index (χ4v) is 5.97. The van der Waals surface area contributed by atoms with Crippen molar-refractivity contribution in [2.24, 2.45) is 0 Å². The molecule has 8 nitrogen and oxygen atoms in total. The SMILES string of the molecule is CCCCCCCC/C=C/CCCCCCCCNCC(O)COCC1O[C@@H]2OC(C)(C)O[C@@H]2[C@H]2OC(C)(C)O[C@@H]12. The van der Waals surface area contributed by atoms with Crippen molar-refractivity contribution in [2.45, 2.75) is 173 Å². The van der Waals surface area contributed by atoms with Gasteiger partial charge in [-0.3, -0.25) is 0 Å². The van der Waals surface area contributed by atoms with Gasteiger partial charge in [-0.1, -0.05) is 76.9 Å². The molecule has 0 aromatic rings. The van der Waals surface area contributed by atoms with Crippen LogP contribution in [0.2, 0.25) is 0 Å². The van der Waals surface area contributed by atoms with Crippen molar-refractivity contribution < 1.29 is 33.5 Å². The van der Waals surface area contributed by atoms with Gasteiger partial charge in [-0.25, -0.2) is 0 Å². The lowest BCUT2D eigenvalue weighted by molar-refractivity contribution is -0.243. The van der Waals surface area contributed by atoms with Gasteiger partial charge in [0.2, 0.25) is 0 Å². The largest absolute Gasteiger partial charge is 0.389 e. The highest BCUT2D eigenvalue weighted by Crippen LogP contribution is 2.44. The lowest BCUT2D eigenvalue weighted by Crippen LogP contribution is -2.56. The van der Waals surface area contributed by atoms with Crippen LogP contribution in [0.3, 0.4) is 0 Å². The van der Waals surface area contributed by atoms with Crippen LogP contribution in [0.15, 0.2) is 12.2 Å².